The molecule has 2 N–H and O–H groups in total. The minimum Gasteiger partial charge on any atom is -0.378 e. The SMILES string of the molecule is COCc1nc(N(C)CC2CCCO2)sc1CN. The van der Waals surface area contributed by atoms with Gasteiger partial charge in [-0.05, 0) is 12.8 Å². The third-order valence-electron chi connectivity index (χ3n) is 3.06. The zero-order chi connectivity index (χ0) is 13.0. The summed E-state index contributed by atoms with van der Waals surface area (Å²) in [5.41, 5.74) is 6.69. The molecular weight excluding hydrogens is 250 g/mol. The lowest BCUT2D eigenvalue weighted by atomic mass is 10.2. The van der Waals surface area contributed by atoms with Crippen LogP contribution in [0.2, 0.25) is 0 Å². The Kier molecular flexibility index (Phi) is 4.94. The van der Waals surface area contributed by atoms with E-state index >= 15 is 0 Å². The summed E-state index contributed by atoms with van der Waals surface area (Å²) < 4.78 is 10.8. The van der Waals surface area contributed by atoms with Gasteiger partial charge < -0.3 is 20.1 Å². The standard InChI is InChI=1S/C12H21N3O2S/c1-15(7-9-4-3-5-17-9)12-14-10(8-16-2)11(6-13)18-12/h9H,3-8,13H2,1-2H3. The molecule has 1 fully saturated rings. The molecule has 6 heteroatoms. The highest BCUT2D eigenvalue weighted by Crippen LogP contribution is 2.27. The molecule has 2 rings (SSSR count). The van der Waals surface area contributed by atoms with E-state index in [1.807, 2.05) is 0 Å². The van der Waals surface area contributed by atoms with Crippen LogP contribution in [0.15, 0.2) is 0 Å². The van der Waals surface area contributed by atoms with Crippen molar-refractivity contribution in [3.05, 3.63) is 10.6 Å². The van der Waals surface area contributed by atoms with Crippen LogP contribution in [0.3, 0.4) is 0 Å². The second-order valence-electron chi connectivity index (χ2n) is 4.52. The molecule has 1 unspecified atom stereocenters. The number of thiazole rings is 1. The number of nitrogens with two attached hydrogens (primary N) is 1. The average Bonchev–Trinajstić information content (AvgIpc) is 2.98. The number of hydrogen-bond acceptors (Lipinski definition) is 6. The first-order valence-electron chi connectivity index (χ1n) is 6.25. The molecule has 0 radical (unpaired) electrons. The molecule has 1 saturated heterocycles. The second kappa shape index (κ2) is 6.47. The Morgan fingerprint density at radius 2 is 2.44 bits per heavy atom. The van der Waals surface area contributed by atoms with E-state index in [1.165, 1.54) is 6.42 Å². The van der Waals surface area contributed by atoms with Gasteiger partial charge in [0, 0.05) is 38.7 Å². The van der Waals surface area contributed by atoms with Crippen LogP contribution < -0.4 is 10.6 Å². The summed E-state index contributed by atoms with van der Waals surface area (Å²) in [6, 6.07) is 0. The Hall–Kier alpha value is -0.690. The van der Waals surface area contributed by atoms with Gasteiger partial charge in [0.05, 0.1) is 18.4 Å². The van der Waals surface area contributed by atoms with Crippen LogP contribution in [0.25, 0.3) is 0 Å². The van der Waals surface area contributed by atoms with Crippen molar-refractivity contribution in [2.24, 2.45) is 5.73 Å². The number of hydrogen-bond donors (Lipinski definition) is 1. The van der Waals surface area contributed by atoms with E-state index in [2.05, 4.69) is 16.9 Å². The fourth-order valence-corrected chi connectivity index (χ4v) is 3.03. The predicted molar refractivity (Wildman–Crippen MR) is 73.0 cm³/mol. The number of aromatic nitrogens is 1. The third-order valence-corrected chi connectivity index (χ3v) is 4.30. The minimum absolute atomic E-state index is 0.339. The highest BCUT2D eigenvalue weighted by Gasteiger charge is 2.20. The Bertz CT molecular complexity index is 377. The number of ether oxygens (including phenoxy) is 2. The van der Waals surface area contributed by atoms with Crippen molar-refractivity contribution in [3.63, 3.8) is 0 Å². The molecule has 0 amide bonds. The fraction of sp³-hybridized carbons (Fsp3) is 0.750. The minimum atomic E-state index is 0.339. The molecule has 0 aliphatic carbocycles. The van der Waals surface area contributed by atoms with Crippen LogP contribution in [0.5, 0.6) is 0 Å². The quantitative estimate of drug-likeness (QED) is 0.846. The maximum Gasteiger partial charge on any atom is 0.185 e. The number of nitrogens with zero attached hydrogens (tertiary/aromatic N) is 2. The third kappa shape index (κ3) is 3.20. The van der Waals surface area contributed by atoms with Crippen molar-refractivity contribution >= 4 is 16.5 Å². The van der Waals surface area contributed by atoms with Crippen molar-refractivity contribution in [2.75, 3.05) is 32.2 Å². The van der Waals surface area contributed by atoms with Gasteiger partial charge in [0.15, 0.2) is 5.13 Å². The van der Waals surface area contributed by atoms with Gasteiger partial charge in [-0.15, -0.1) is 11.3 Å². The molecule has 0 saturated carbocycles. The van der Waals surface area contributed by atoms with E-state index in [0.717, 1.165) is 35.3 Å². The van der Waals surface area contributed by atoms with Gasteiger partial charge in [-0.1, -0.05) is 0 Å². The van der Waals surface area contributed by atoms with Gasteiger partial charge in [0.25, 0.3) is 0 Å². The van der Waals surface area contributed by atoms with Crippen LogP contribution in [-0.2, 0) is 22.6 Å². The van der Waals surface area contributed by atoms with E-state index in [-0.39, 0.29) is 0 Å². The first-order chi connectivity index (χ1) is 8.74. The summed E-state index contributed by atoms with van der Waals surface area (Å²) in [5.74, 6) is 0. The van der Waals surface area contributed by atoms with E-state index in [4.69, 9.17) is 15.2 Å². The van der Waals surface area contributed by atoms with Crippen molar-refractivity contribution in [1.29, 1.82) is 0 Å². The largest absolute Gasteiger partial charge is 0.378 e. The molecule has 0 spiro atoms. The zero-order valence-electron chi connectivity index (χ0n) is 11.0. The average molecular weight is 271 g/mol. The first-order valence-corrected chi connectivity index (χ1v) is 7.06. The molecule has 0 bridgehead atoms. The number of likely N-dealkylation sites (N-methyl/N-ethyl adjacent to an activating group) is 1. The molecule has 1 aliphatic rings. The van der Waals surface area contributed by atoms with Crippen LogP contribution in [0, 0.1) is 0 Å². The Morgan fingerprint density at radius 1 is 1.61 bits per heavy atom. The maximum atomic E-state index is 5.73. The Morgan fingerprint density at radius 3 is 3.06 bits per heavy atom. The van der Waals surface area contributed by atoms with Crippen LogP contribution in [0.1, 0.15) is 23.4 Å². The molecular formula is C12H21N3O2S. The van der Waals surface area contributed by atoms with Gasteiger partial charge in [-0.3, -0.25) is 0 Å². The predicted octanol–water partition coefficient (Wildman–Crippen LogP) is 1.36. The molecule has 18 heavy (non-hydrogen) atoms. The Labute approximate surface area is 112 Å². The van der Waals surface area contributed by atoms with Crippen LogP contribution in [0.4, 0.5) is 5.13 Å². The van der Waals surface area contributed by atoms with E-state index in [0.29, 0.717) is 19.3 Å². The summed E-state index contributed by atoms with van der Waals surface area (Å²) >= 11 is 1.65. The lowest BCUT2D eigenvalue weighted by Crippen LogP contribution is -2.28. The lowest BCUT2D eigenvalue weighted by Gasteiger charge is -2.19. The number of methoxy groups -OCH3 is 1. The van der Waals surface area contributed by atoms with Crippen LogP contribution in [-0.4, -0.2) is 38.4 Å². The van der Waals surface area contributed by atoms with Gasteiger partial charge in [-0.25, -0.2) is 4.98 Å². The summed E-state index contributed by atoms with van der Waals surface area (Å²) in [6.45, 7) is 2.82. The van der Waals surface area contributed by atoms with E-state index < -0.39 is 0 Å². The molecule has 1 aliphatic heterocycles. The molecule has 5 nitrogen and oxygen atoms in total. The van der Waals surface area contributed by atoms with Crippen molar-refractivity contribution in [2.45, 2.75) is 32.1 Å². The van der Waals surface area contributed by atoms with Gasteiger partial charge in [-0.2, -0.15) is 0 Å². The van der Waals surface area contributed by atoms with Crippen LogP contribution >= 0.6 is 11.3 Å². The van der Waals surface area contributed by atoms with Crippen molar-refractivity contribution < 1.29 is 9.47 Å². The highest BCUT2D eigenvalue weighted by atomic mass is 32.1. The number of rotatable bonds is 6. The van der Waals surface area contributed by atoms with Gasteiger partial charge in [0.1, 0.15) is 0 Å². The zero-order valence-corrected chi connectivity index (χ0v) is 11.8. The molecule has 1 aromatic heterocycles. The normalized spacial score (nSPS) is 19.4. The molecule has 102 valence electrons. The highest BCUT2D eigenvalue weighted by molar-refractivity contribution is 7.15. The molecule has 2 heterocycles. The topological polar surface area (TPSA) is 60.6 Å². The fourth-order valence-electron chi connectivity index (χ4n) is 2.11. The van der Waals surface area contributed by atoms with Gasteiger partial charge in [0.2, 0.25) is 0 Å². The van der Waals surface area contributed by atoms with Crippen molar-refractivity contribution in [1.82, 2.24) is 4.98 Å². The molecule has 0 aromatic carbocycles. The van der Waals surface area contributed by atoms with E-state index in [1.54, 1.807) is 18.4 Å². The summed E-state index contributed by atoms with van der Waals surface area (Å²) in [7, 11) is 3.73. The monoisotopic (exact) mass is 271 g/mol. The second-order valence-corrected chi connectivity index (χ2v) is 5.58. The first kappa shape index (κ1) is 13.7. The number of anilines is 1. The summed E-state index contributed by atoms with van der Waals surface area (Å²) in [6.07, 6.45) is 2.65. The summed E-state index contributed by atoms with van der Waals surface area (Å²) in [5, 5.41) is 0.998. The molecule has 1 atom stereocenters. The van der Waals surface area contributed by atoms with E-state index in [9.17, 15) is 0 Å². The van der Waals surface area contributed by atoms with Crippen molar-refractivity contribution in [3.8, 4) is 0 Å². The Balaban J connectivity index is 2.02. The molecule has 1 aromatic rings. The van der Waals surface area contributed by atoms with Gasteiger partial charge >= 0.3 is 0 Å². The smallest absolute Gasteiger partial charge is 0.185 e. The summed E-state index contributed by atoms with van der Waals surface area (Å²) in [4.78, 5) is 7.85. The lowest BCUT2D eigenvalue weighted by molar-refractivity contribution is 0.116. The maximum absolute atomic E-state index is 5.73.